The largest absolute Gasteiger partial charge is 0.483 e. The van der Waals surface area contributed by atoms with Gasteiger partial charge in [0, 0.05) is 20.9 Å². The fourth-order valence-corrected chi connectivity index (χ4v) is 3.55. The van der Waals surface area contributed by atoms with Gasteiger partial charge in [-0.05, 0) is 72.1 Å². The molecule has 2 rings (SSSR count). The van der Waals surface area contributed by atoms with E-state index >= 15 is 0 Å². The second kappa shape index (κ2) is 10.8. The minimum atomic E-state index is -0.428. The SMILES string of the molecule is CC(CC(=O)Nc1cc(Cl)ccc1C)=NNC(=O)COc1cc(C)c(Br)cc1Br. The molecule has 2 N–H and O–H groups in total. The van der Waals surface area contributed by atoms with Crippen LogP contribution in [0.1, 0.15) is 24.5 Å². The van der Waals surface area contributed by atoms with Crippen LogP contribution in [0.4, 0.5) is 5.69 Å². The van der Waals surface area contributed by atoms with E-state index < -0.39 is 5.91 Å². The number of rotatable bonds is 7. The number of carbonyl (C=O) groups excluding carboxylic acids is 2. The fraction of sp³-hybridized carbons (Fsp3) is 0.250. The maximum atomic E-state index is 12.2. The number of hydrogen-bond donors (Lipinski definition) is 2. The topological polar surface area (TPSA) is 79.8 Å². The number of nitrogens with one attached hydrogen (secondary N) is 2. The van der Waals surface area contributed by atoms with Gasteiger partial charge in [-0.25, -0.2) is 5.43 Å². The Hall–Kier alpha value is -1.90. The molecule has 0 spiro atoms. The van der Waals surface area contributed by atoms with Crippen molar-refractivity contribution in [1.29, 1.82) is 0 Å². The van der Waals surface area contributed by atoms with E-state index in [4.69, 9.17) is 16.3 Å². The number of hydrazone groups is 1. The molecule has 2 aromatic rings. The van der Waals surface area contributed by atoms with Crippen molar-refractivity contribution < 1.29 is 14.3 Å². The van der Waals surface area contributed by atoms with Gasteiger partial charge in [0.15, 0.2) is 6.61 Å². The van der Waals surface area contributed by atoms with Crippen LogP contribution in [0.5, 0.6) is 5.75 Å². The van der Waals surface area contributed by atoms with Gasteiger partial charge in [-0.15, -0.1) is 0 Å². The zero-order chi connectivity index (χ0) is 21.6. The number of ether oxygens (including phenoxy) is 1. The third-order valence-corrected chi connectivity index (χ3v) is 5.54. The van der Waals surface area contributed by atoms with Crippen molar-refractivity contribution in [3.8, 4) is 5.75 Å². The highest BCUT2D eigenvalue weighted by atomic mass is 79.9. The van der Waals surface area contributed by atoms with Gasteiger partial charge >= 0.3 is 0 Å². The summed E-state index contributed by atoms with van der Waals surface area (Å²) in [6, 6.07) is 8.93. The van der Waals surface area contributed by atoms with E-state index in [2.05, 4.69) is 47.7 Å². The minimum absolute atomic E-state index is 0.0323. The molecule has 0 radical (unpaired) electrons. The molecule has 0 bridgehead atoms. The van der Waals surface area contributed by atoms with Gasteiger partial charge < -0.3 is 10.1 Å². The molecule has 29 heavy (non-hydrogen) atoms. The number of benzene rings is 2. The zero-order valence-electron chi connectivity index (χ0n) is 16.1. The Morgan fingerprint density at radius 1 is 1.07 bits per heavy atom. The minimum Gasteiger partial charge on any atom is -0.483 e. The Bertz CT molecular complexity index is 964. The smallest absolute Gasteiger partial charge is 0.277 e. The van der Waals surface area contributed by atoms with Crippen LogP contribution >= 0.6 is 43.5 Å². The Labute approximate surface area is 191 Å². The van der Waals surface area contributed by atoms with Crippen LogP contribution in [0.3, 0.4) is 0 Å². The first-order valence-electron chi connectivity index (χ1n) is 8.62. The number of aryl methyl sites for hydroxylation is 2. The van der Waals surface area contributed by atoms with Gasteiger partial charge in [-0.2, -0.15) is 5.10 Å². The molecular formula is C20H20Br2ClN3O3. The maximum absolute atomic E-state index is 12.2. The highest BCUT2D eigenvalue weighted by molar-refractivity contribution is 9.11. The van der Waals surface area contributed by atoms with Crippen molar-refractivity contribution in [1.82, 2.24) is 5.43 Å². The molecule has 0 saturated carbocycles. The van der Waals surface area contributed by atoms with Crippen molar-refractivity contribution >= 4 is 66.7 Å². The van der Waals surface area contributed by atoms with E-state index in [-0.39, 0.29) is 18.9 Å². The predicted molar refractivity (Wildman–Crippen MR) is 123 cm³/mol. The van der Waals surface area contributed by atoms with Crippen LogP contribution in [-0.2, 0) is 9.59 Å². The number of carbonyl (C=O) groups is 2. The Morgan fingerprint density at radius 3 is 2.52 bits per heavy atom. The molecule has 0 fully saturated rings. The van der Waals surface area contributed by atoms with E-state index in [9.17, 15) is 9.59 Å². The molecule has 0 aliphatic carbocycles. The van der Waals surface area contributed by atoms with E-state index in [1.807, 2.05) is 32.0 Å². The number of amides is 2. The van der Waals surface area contributed by atoms with Crippen LogP contribution in [0.25, 0.3) is 0 Å². The van der Waals surface area contributed by atoms with Crippen molar-refractivity contribution in [3.05, 3.63) is 55.4 Å². The van der Waals surface area contributed by atoms with E-state index in [1.165, 1.54) is 0 Å². The molecule has 0 aliphatic rings. The zero-order valence-corrected chi connectivity index (χ0v) is 20.0. The average Bonchev–Trinajstić information content (AvgIpc) is 2.64. The Kier molecular flexibility index (Phi) is 8.67. The first-order chi connectivity index (χ1) is 13.7. The standard InChI is InChI=1S/C20H20Br2ClN3O3/c1-11-4-5-14(23)8-17(11)24-19(27)7-13(3)25-26-20(28)10-29-18-6-12(2)15(21)9-16(18)22/h4-6,8-9H,7,10H2,1-3H3,(H,24,27)(H,26,28). The lowest BCUT2D eigenvalue weighted by molar-refractivity contribution is -0.123. The van der Waals surface area contributed by atoms with Gasteiger partial charge in [0.05, 0.1) is 10.9 Å². The number of anilines is 1. The van der Waals surface area contributed by atoms with Gasteiger partial charge in [0.25, 0.3) is 5.91 Å². The van der Waals surface area contributed by atoms with Gasteiger partial charge in [0.2, 0.25) is 5.91 Å². The molecule has 0 aliphatic heterocycles. The van der Waals surface area contributed by atoms with Crippen LogP contribution in [0, 0.1) is 13.8 Å². The summed E-state index contributed by atoms with van der Waals surface area (Å²) in [6.07, 6.45) is 0.0323. The van der Waals surface area contributed by atoms with Crippen LogP contribution in [0.2, 0.25) is 5.02 Å². The summed E-state index contributed by atoms with van der Waals surface area (Å²) in [7, 11) is 0. The summed E-state index contributed by atoms with van der Waals surface area (Å²) >= 11 is 12.8. The summed E-state index contributed by atoms with van der Waals surface area (Å²) in [4.78, 5) is 24.1. The lowest BCUT2D eigenvalue weighted by Gasteiger charge is -2.10. The second-order valence-corrected chi connectivity index (χ2v) is 8.53. The highest BCUT2D eigenvalue weighted by Gasteiger charge is 2.10. The second-order valence-electron chi connectivity index (χ2n) is 6.39. The van der Waals surface area contributed by atoms with E-state index in [1.54, 1.807) is 19.1 Å². The molecule has 2 amide bonds. The van der Waals surface area contributed by atoms with Gasteiger partial charge in [0.1, 0.15) is 5.75 Å². The van der Waals surface area contributed by atoms with Gasteiger partial charge in [-0.3, -0.25) is 9.59 Å². The normalized spacial score (nSPS) is 11.2. The predicted octanol–water partition coefficient (Wildman–Crippen LogP) is 5.38. The molecule has 0 atom stereocenters. The number of hydrogen-bond acceptors (Lipinski definition) is 4. The molecule has 9 heteroatoms. The molecular weight excluding hydrogens is 525 g/mol. The molecule has 2 aromatic carbocycles. The summed E-state index contributed by atoms with van der Waals surface area (Å²) in [5, 5.41) is 7.26. The lowest BCUT2D eigenvalue weighted by Crippen LogP contribution is -2.26. The Balaban J connectivity index is 1.84. The highest BCUT2D eigenvalue weighted by Crippen LogP contribution is 2.31. The number of halogens is 3. The summed E-state index contributed by atoms with van der Waals surface area (Å²) in [6.45, 7) is 5.25. The maximum Gasteiger partial charge on any atom is 0.277 e. The van der Waals surface area contributed by atoms with Crippen LogP contribution < -0.4 is 15.5 Å². The van der Waals surface area contributed by atoms with Crippen molar-refractivity contribution in [2.45, 2.75) is 27.2 Å². The summed E-state index contributed by atoms with van der Waals surface area (Å²) in [5.41, 5.74) is 5.37. The van der Waals surface area contributed by atoms with Crippen LogP contribution in [-0.4, -0.2) is 24.1 Å². The van der Waals surface area contributed by atoms with Crippen molar-refractivity contribution in [3.63, 3.8) is 0 Å². The Morgan fingerprint density at radius 2 is 1.79 bits per heavy atom. The monoisotopic (exact) mass is 543 g/mol. The average molecular weight is 546 g/mol. The summed E-state index contributed by atoms with van der Waals surface area (Å²) < 4.78 is 7.18. The third kappa shape index (κ3) is 7.45. The molecule has 0 unspecified atom stereocenters. The first-order valence-corrected chi connectivity index (χ1v) is 10.6. The van der Waals surface area contributed by atoms with E-state index in [0.717, 1.165) is 20.1 Å². The molecule has 154 valence electrons. The molecule has 0 saturated heterocycles. The fourth-order valence-electron chi connectivity index (χ4n) is 2.27. The van der Waals surface area contributed by atoms with E-state index in [0.29, 0.717) is 22.2 Å². The molecule has 0 aromatic heterocycles. The first kappa shape index (κ1) is 23.4. The molecule has 6 nitrogen and oxygen atoms in total. The van der Waals surface area contributed by atoms with Crippen molar-refractivity contribution in [2.24, 2.45) is 5.10 Å². The third-order valence-electron chi connectivity index (χ3n) is 3.83. The number of nitrogens with zero attached hydrogens (tertiary/aromatic N) is 1. The van der Waals surface area contributed by atoms with Crippen LogP contribution in [0.15, 0.2) is 44.4 Å². The lowest BCUT2D eigenvalue weighted by atomic mass is 10.2. The van der Waals surface area contributed by atoms with Crippen molar-refractivity contribution in [2.75, 3.05) is 11.9 Å². The molecule has 0 heterocycles. The quantitative estimate of drug-likeness (QED) is 0.362. The van der Waals surface area contributed by atoms with Gasteiger partial charge in [-0.1, -0.05) is 33.6 Å². The summed E-state index contributed by atoms with van der Waals surface area (Å²) in [5.74, 6) is -0.128.